The summed E-state index contributed by atoms with van der Waals surface area (Å²) in [5.41, 5.74) is -0.424. The number of sulfonamides is 1. The normalized spacial score (nSPS) is 17.8. The van der Waals surface area contributed by atoms with Gasteiger partial charge >= 0.3 is 6.09 Å². The van der Waals surface area contributed by atoms with E-state index in [2.05, 4.69) is 5.32 Å². The van der Waals surface area contributed by atoms with Gasteiger partial charge in [-0.15, -0.1) is 0 Å². The average Bonchev–Trinajstić information content (AvgIpc) is 3.59. The Balaban J connectivity index is 1.61. The Kier molecular flexibility index (Phi) is 10.5. The van der Waals surface area contributed by atoms with Gasteiger partial charge in [0.2, 0.25) is 16.8 Å². The summed E-state index contributed by atoms with van der Waals surface area (Å²) in [4.78, 5) is 12.8. The van der Waals surface area contributed by atoms with E-state index < -0.39 is 45.1 Å². The molecule has 0 aromatic heterocycles. The summed E-state index contributed by atoms with van der Waals surface area (Å²) in [7, 11) is -4.14. The Morgan fingerprint density at radius 3 is 2.36 bits per heavy atom. The van der Waals surface area contributed by atoms with Crippen LogP contribution < -0.4 is 14.8 Å². The monoisotopic (exact) mass is 634 g/mol. The highest BCUT2D eigenvalue weighted by Crippen LogP contribution is 2.37. The third-order valence-electron chi connectivity index (χ3n) is 7.60. The fraction of sp³-hybridized carbons (Fsp3) is 0.594. The van der Waals surface area contributed by atoms with E-state index in [0.29, 0.717) is 37.6 Å². The molecule has 0 saturated carbocycles. The molecule has 2 atom stereocenters. The molecule has 2 heterocycles. The number of amides is 1. The molecule has 0 radical (unpaired) electrons. The smallest absolute Gasteiger partial charge is 0.407 e. The fourth-order valence-corrected chi connectivity index (χ4v) is 6.87. The quantitative estimate of drug-likeness (QED) is 0.327. The molecule has 2 N–H and O–H groups in total. The first-order valence-corrected chi connectivity index (χ1v) is 16.4. The summed E-state index contributed by atoms with van der Waals surface area (Å²) in [5.74, 6) is 0.0728. The molecule has 44 heavy (non-hydrogen) atoms. The first kappa shape index (κ1) is 34.0. The summed E-state index contributed by atoms with van der Waals surface area (Å²) in [6.45, 7) is 11.9. The summed E-state index contributed by atoms with van der Waals surface area (Å²) in [6, 6.07) is 13.0. The van der Waals surface area contributed by atoms with Crippen molar-refractivity contribution in [1.29, 1.82) is 0 Å². The van der Waals surface area contributed by atoms with Crippen molar-refractivity contribution < 1.29 is 42.0 Å². The van der Waals surface area contributed by atoms with E-state index in [9.17, 15) is 18.3 Å². The zero-order valence-corrected chi connectivity index (χ0v) is 27.3. The number of aliphatic hydroxyl groups is 1. The number of nitrogens with one attached hydrogen (secondary N) is 1. The highest BCUT2D eigenvalue weighted by Gasteiger charge is 2.38. The number of hydrogen-bond acceptors (Lipinski definition) is 9. The lowest BCUT2D eigenvalue weighted by Gasteiger charge is -2.36. The molecule has 1 unspecified atom stereocenters. The van der Waals surface area contributed by atoms with E-state index >= 15 is 0 Å². The Hall–Kier alpha value is -2.90. The zero-order chi connectivity index (χ0) is 32.2. The topological polar surface area (TPSA) is 133 Å². The maximum atomic E-state index is 14.2. The van der Waals surface area contributed by atoms with Gasteiger partial charge in [0.15, 0.2) is 17.3 Å². The number of alkyl carbamates (subject to hydrolysis) is 1. The van der Waals surface area contributed by atoms with Gasteiger partial charge in [0.1, 0.15) is 5.60 Å². The van der Waals surface area contributed by atoms with Gasteiger partial charge in [0, 0.05) is 25.6 Å². The number of carbonyl (C=O) groups is 1. The number of hydrogen-bond donors (Lipinski definition) is 2. The van der Waals surface area contributed by atoms with Crippen molar-refractivity contribution in [1.82, 2.24) is 9.62 Å². The van der Waals surface area contributed by atoms with Gasteiger partial charge in [-0.2, -0.15) is 4.31 Å². The summed E-state index contributed by atoms with van der Waals surface area (Å²) in [6.07, 6.45) is -0.558. The molecule has 4 rings (SSSR count). The van der Waals surface area contributed by atoms with Crippen molar-refractivity contribution in [2.45, 2.75) is 89.2 Å². The van der Waals surface area contributed by atoms with Gasteiger partial charge in [0.25, 0.3) is 0 Å². The first-order valence-electron chi connectivity index (χ1n) is 14.9. The minimum atomic E-state index is -4.14. The van der Waals surface area contributed by atoms with Crippen LogP contribution in [0.15, 0.2) is 53.4 Å². The predicted octanol–water partition coefficient (Wildman–Crippen LogP) is 4.47. The lowest BCUT2D eigenvalue weighted by atomic mass is 9.86. The van der Waals surface area contributed by atoms with E-state index in [4.69, 9.17) is 23.7 Å². The highest BCUT2D eigenvalue weighted by molar-refractivity contribution is 7.89. The number of benzene rings is 2. The largest absolute Gasteiger partial charge is 0.454 e. The third kappa shape index (κ3) is 9.31. The van der Waals surface area contributed by atoms with E-state index in [-0.39, 0.29) is 31.2 Å². The predicted molar refractivity (Wildman–Crippen MR) is 164 cm³/mol. The number of aliphatic hydroxyl groups excluding tert-OH is 1. The Bertz CT molecular complexity index is 1370. The minimum Gasteiger partial charge on any atom is -0.454 e. The molecule has 2 aromatic rings. The molecule has 2 aromatic carbocycles. The maximum absolute atomic E-state index is 14.2. The van der Waals surface area contributed by atoms with Gasteiger partial charge in [-0.05, 0) is 63.6 Å². The first-order chi connectivity index (χ1) is 20.6. The molecule has 0 bridgehead atoms. The van der Waals surface area contributed by atoms with Crippen LogP contribution in [-0.2, 0) is 30.7 Å². The van der Waals surface area contributed by atoms with Gasteiger partial charge in [-0.1, -0.05) is 44.2 Å². The van der Waals surface area contributed by atoms with Crippen LogP contribution in [0.4, 0.5) is 4.79 Å². The van der Waals surface area contributed by atoms with Crippen LogP contribution in [0.3, 0.4) is 0 Å². The molecule has 2 aliphatic heterocycles. The van der Waals surface area contributed by atoms with E-state index in [1.54, 1.807) is 26.8 Å². The van der Waals surface area contributed by atoms with Crippen molar-refractivity contribution in [2.24, 2.45) is 5.41 Å². The summed E-state index contributed by atoms with van der Waals surface area (Å²) in [5, 5.41) is 14.4. The highest BCUT2D eigenvalue weighted by atomic mass is 32.2. The van der Waals surface area contributed by atoms with Gasteiger partial charge in [0.05, 0.1) is 30.3 Å². The number of rotatable bonds is 13. The van der Waals surface area contributed by atoms with Crippen LogP contribution in [0.1, 0.15) is 59.9 Å². The van der Waals surface area contributed by atoms with Gasteiger partial charge in [-0.3, -0.25) is 0 Å². The van der Waals surface area contributed by atoms with Crippen LogP contribution in [0.5, 0.6) is 11.5 Å². The molecular weight excluding hydrogens is 588 g/mol. The Morgan fingerprint density at radius 1 is 1.05 bits per heavy atom. The fourth-order valence-electron chi connectivity index (χ4n) is 5.20. The molecule has 11 nitrogen and oxygen atoms in total. The summed E-state index contributed by atoms with van der Waals surface area (Å²) >= 11 is 0. The summed E-state index contributed by atoms with van der Waals surface area (Å²) < 4.78 is 57.5. The molecule has 1 amide bonds. The van der Waals surface area contributed by atoms with Crippen LogP contribution in [0.2, 0.25) is 0 Å². The Morgan fingerprint density at radius 2 is 1.70 bits per heavy atom. The van der Waals surface area contributed by atoms with Crippen molar-refractivity contribution in [3.05, 3.63) is 54.1 Å². The molecular formula is C32H46N2O9S. The SMILES string of the molecule is CC(C)(CCC1(C)OCCO1)CN(CC(O)[C@H](Cc1ccccc1)NC(=O)OC(C)(C)C)S(=O)(=O)c1ccc2c(c1)OCO2. The van der Waals surface area contributed by atoms with E-state index in [0.717, 1.165) is 5.56 Å². The van der Waals surface area contributed by atoms with Crippen LogP contribution in [0, 0.1) is 5.41 Å². The standard InChI is InChI=1S/C32H46N2O9S/c1-30(2,3)43-29(36)33-25(18-23-10-8-7-9-11-23)26(35)20-34(21-31(4,5)14-15-32(6)41-16-17-42-32)44(37,38)24-12-13-27-28(19-24)40-22-39-27/h7-13,19,25-26,35H,14-18,20-22H2,1-6H3,(H,33,36)/t25-,26?/m0/s1. The number of ether oxygens (including phenoxy) is 5. The lowest BCUT2D eigenvalue weighted by molar-refractivity contribution is -0.151. The van der Waals surface area contributed by atoms with Crippen LogP contribution >= 0.6 is 0 Å². The second kappa shape index (κ2) is 13.6. The molecule has 2 aliphatic rings. The molecule has 1 fully saturated rings. The van der Waals surface area contributed by atoms with E-state index in [1.165, 1.54) is 16.4 Å². The average molecular weight is 635 g/mol. The minimum absolute atomic E-state index is 0.00864. The molecule has 244 valence electrons. The van der Waals surface area contributed by atoms with Crippen molar-refractivity contribution in [3.63, 3.8) is 0 Å². The molecule has 1 saturated heterocycles. The molecule has 0 spiro atoms. The second-order valence-corrected chi connectivity index (χ2v) is 15.3. The zero-order valence-electron chi connectivity index (χ0n) is 26.5. The lowest BCUT2D eigenvalue weighted by Crippen LogP contribution is -2.52. The maximum Gasteiger partial charge on any atom is 0.407 e. The number of carbonyl (C=O) groups excluding carboxylic acids is 1. The van der Waals surface area contributed by atoms with Crippen LogP contribution in [0.25, 0.3) is 0 Å². The van der Waals surface area contributed by atoms with Crippen LogP contribution in [-0.4, -0.2) is 80.6 Å². The Labute approximate surface area is 260 Å². The van der Waals surface area contributed by atoms with Gasteiger partial charge in [-0.25, -0.2) is 13.2 Å². The third-order valence-corrected chi connectivity index (χ3v) is 9.40. The van der Waals surface area contributed by atoms with E-state index in [1.807, 2.05) is 51.1 Å². The second-order valence-electron chi connectivity index (χ2n) is 13.3. The molecule has 12 heteroatoms. The van der Waals surface area contributed by atoms with Crippen molar-refractivity contribution in [3.8, 4) is 11.5 Å². The van der Waals surface area contributed by atoms with Crippen molar-refractivity contribution in [2.75, 3.05) is 33.1 Å². The number of fused-ring (bicyclic) bond motifs is 1. The van der Waals surface area contributed by atoms with Crippen molar-refractivity contribution >= 4 is 16.1 Å². The number of nitrogens with zero attached hydrogens (tertiary/aromatic N) is 1. The molecule has 0 aliphatic carbocycles. The van der Waals surface area contributed by atoms with Gasteiger partial charge < -0.3 is 34.1 Å².